The molecule has 0 bridgehead atoms. The number of aromatic hydroxyl groups is 1. The molecule has 1 aromatic carbocycles. The SMILES string of the molecule is CCC1CCC(NCc2cccc(F)c2O)C1C. The quantitative estimate of drug-likeness (QED) is 0.859. The van der Waals surface area contributed by atoms with Gasteiger partial charge in [-0.2, -0.15) is 0 Å². The van der Waals surface area contributed by atoms with E-state index in [0.29, 0.717) is 24.1 Å². The van der Waals surface area contributed by atoms with E-state index in [9.17, 15) is 9.50 Å². The summed E-state index contributed by atoms with van der Waals surface area (Å²) >= 11 is 0. The summed E-state index contributed by atoms with van der Waals surface area (Å²) in [6.07, 6.45) is 3.67. The summed E-state index contributed by atoms with van der Waals surface area (Å²) in [5.41, 5.74) is 0.641. The Kier molecular flexibility index (Phi) is 4.23. The van der Waals surface area contributed by atoms with Crippen LogP contribution in [0.15, 0.2) is 18.2 Å². The fourth-order valence-electron chi connectivity index (χ4n) is 3.06. The minimum atomic E-state index is -0.541. The van der Waals surface area contributed by atoms with Crippen LogP contribution in [0, 0.1) is 17.7 Å². The van der Waals surface area contributed by atoms with E-state index < -0.39 is 5.82 Å². The maximum atomic E-state index is 13.2. The Morgan fingerprint density at radius 1 is 1.39 bits per heavy atom. The summed E-state index contributed by atoms with van der Waals surface area (Å²) in [5.74, 6) is 0.692. The van der Waals surface area contributed by atoms with Gasteiger partial charge in [-0.25, -0.2) is 4.39 Å². The van der Waals surface area contributed by atoms with Crippen LogP contribution in [-0.4, -0.2) is 11.1 Å². The van der Waals surface area contributed by atoms with Gasteiger partial charge in [-0.15, -0.1) is 0 Å². The van der Waals surface area contributed by atoms with Crippen molar-refractivity contribution < 1.29 is 9.50 Å². The van der Waals surface area contributed by atoms with Gasteiger partial charge in [-0.05, 0) is 30.7 Å². The molecule has 1 aromatic rings. The molecule has 2 rings (SSSR count). The Morgan fingerprint density at radius 2 is 2.17 bits per heavy atom. The van der Waals surface area contributed by atoms with Gasteiger partial charge < -0.3 is 10.4 Å². The molecular weight excluding hydrogens is 229 g/mol. The van der Waals surface area contributed by atoms with Gasteiger partial charge in [0, 0.05) is 18.2 Å². The van der Waals surface area contributed by atoms with Crippen LogP contribution >= 0.6 is 0 Å². The lowest BCUT2D eigenvalue weighted by Gasteiger charge is -2.21. The highest BCUT2D eigenvalue weighted by Crippen LogP contribution is 2.34. The fraction of sp³-hybridized carbons (Fsp3) is 0.600. The zero-order chi connectivity index (χ0) is 13.1. The number of para-hydroxylation sites is 1. The first kappa shape index (κ1) is 13.3. The average Bonchev–Trinajstić information content (AvgIpc) is 2.72. The van der Waals surface area contributed by atoms with E-state index in [1.165, 1.54) is 25.3 Å². The Labute approximate surface area is 108 Å². The van der Waals surface area contributed by atoms with Crippen LogP contribution < -0.4 is 5.32 Å². The second-order valence-electron chi connectivity index (χ2n) is 5.34. The lowest BCUT2D eigenvalue weighted by Crippen LogP contribution is -2.32. The number of benzene rings is 1. The molecule has 0 amide bonds. The highest BCUT2D eigenvalue weighted by Gasteiger charge is 2.31. The first-order valence-electron chi connectivity index (χ1n) is 6.83. The van der Waals surface area contributed by atoms with Gasteiger partial charge in [0.05, 0.1) is 0 Å². The summed E-state index contributed by atoms with van der Waals surface area (Å²) in [4.78, 5) is 0. The van der Waals surface area contributed by atoms with Crippen molar-refractivity contribution >= 4 is 0 Å². The van der Waals surface area contributed by atoms with Crippen LogP contribution in [0.5, 0.6) is 5.75 Å². The normalized spacial score (nSPS) is 27.6. The molecule has 2 N–H and O–H groups in total. The second kappa shape index (κ2) is 5.70. The smallest absolute Gasteiger partial charge is 0.165 e. The molecule has 3 heteroatoms. The average molecular weight is 251 g/mol. The third-order valence-corrected chi connectivity index (χ3v) is 4.38. The van der Waals surface area contributed by atoms with Crippen LogP contribution in [0.25, 0.3) is 0 Å². The standard InChI is InChI=1S/C15H22FNO/c1-3-11-7-8-14(10(11)2)17-9-12-5-4-6-13(16)15(12)18/h4-6,10-11,14,17-18H,3,7-9H2,1-2H3. The summed E-state index contributed by atoms with van der Waals surface area (Å²) in [6, 6.07) is 5.17. The Morgan fingerprint density at radius 3 is 2.83 bits per heavy atom. The molecule has 1 aliphatic carbocycles. The molecule has 0 saturated heterocycles. The first-order valence-corrected chi connectivity index (χ1v) is 6.83. The molecule has 1 aliphatic rings. The Hall–Kier alpha value is -1.09. The summed E-state index contributed by atoms with van der Waals surface area (Å²) < 4.78 is 13.2. The maximum absolute atomic E-state index is 13.2. The van der Waals surface area contributed by atoms with Crippen molar-refractivity contribution in [1.29, 1.82) is 0 Å². The molecule has 3 unspecified atom stereocenters. The molecule has 0 heterocycles. The number of halogens is 1. The van der Waals surface area contributed by atoms with E-state index in [1.807, 2.05) is 0 Å². The number of phenols is 1. The lowest BCUT2D eigenvalue weighted by atomic mass is 9.93. The molecular formula is C15H22FNO. The van der Waals surface area contributed by atoms with Crippen LogP contribution in [0.3, 0.4) is 0 Å². The highest BCUT2D eigenvalue weighted by molar-refractivity contribution is 5.33. The fourth-order valence-corrected chi connectivity index (χ4v) is 3.06. The topological polar surface area (TPSA) is 32.3 Å². The molecule has 18 heavy (non-hydrogen) atoms. The predicted molar refractivity (Wildman–Crippen MR) is 70.9 cm³/mol. The van der Waals surface area contributed by atoms with Crippen LogP contribution in [-0.2, 0) is 6.54 Å². The third-order valence-electron chi connectivity index (χ3n) is 4.38. The van der Waals surface area contributed by atoms with Gasteiger partial charge >= 0.3 is 0 Å². The summed E-state index contributed by atoms with van der Waals surface area (Å²) in [5, 5.41) is 13.1. The zero-order valence-corrected chi connectivity index (χ0v) is 11.1. The highest BCUT2D eigenvalue weighted by atomic mass is 19.1. The molecule has 0 radical (unpaired) electrons. The number of rotatable bonds is 4. The van der Waals surface area contributed by atoms with Crippen LogP contribution in [0.1, 0.15) is 38.7 Å². The van der Waals surface area contributed by atoms with Gasteiger partial charge in [-0.3, -0.25) is 0 Å². The third kappa shape index (κ3) is 2.66. The molecule has 0 spiro atoms. The molecule has 1 saturated carbocycles. The molecule has 1 fully saturated rings. The van der Waals surface area contributed by atoms with Crippen molar-refractivity contribution in [3.05, 3.63) is 29.6 Å². The van der Waals surface area contributed by atoms with Crippen molar-refractivity contribution in [2.75, 3.05) is 0 Å². The Bertz CT molecular complexity index is 407. The van der Waals surface area contributed by atoms with Crippen LogP contribution in [0.4, 0.5) is 4.39 Å². The van der Waals surface area contributed by atoms with Gasteiger partial charge in [0.2, 0.25) is 0 Å². The van der Waals surface area contributed by atoms with Crippen LogP contribution in [0.2, 0.25) is 0 Å². The van der Waals surface area contributed by atoms with Gasteiger partial charge in [-0.1, -0.05) is 32.4 Å². The molecule has 2 nitrogen and oxygen atoms in total. The molecule has 0 aromatic heterocycles. The van der Waals surface area contributed by atoms with E-state index in [0.717, 1.165) is 5.92 Å². The largest absolute Gasteiger partial charge is 0.505 e. The van der Waals surface area contributed by atoms with Crippen molar-refractivity contribution in [2.24, 2.45) is 11.8 Å². The number of nitrogens with one attached hydrogen (secondary N) is 1. The summed E-state index contributed by atoms with van der Waals surface area (Å²) in [7, 11) is 0. The summed E-state index contributed by atoms with van der Waals surface area (Å²) in [6.45, 7) is 5.06. The zero-order valence-electron chi connectivity index (χ0n) is 11.1. The molecule has 100 valence electrons. The number of phenolic OH excluding ortho intramolecular Hbond substituents is 1. The number of hydrogen-bond donors (Lipinski definition) is 2. The molecule has 3 atom stereocenters. The van der Waals surface area contributed by atoms with Crippen molar-refractivity contribution in [2.45, 2.75) is 45.7 Å². The Balaban J connectivity index is 1.94. The number of hydrogen-bond acceptors (Lipinski definition) is 2. The minimum absolute atomic E-state index is 0.220. The minimum Gasteiger partial charge on any atom is -0.505 e. The first-order chi connectivity index (χ1) is 8.63. The van der Waals surface area contributed by atoms with Crippen molar-refractivity contribution in [3.63, 3.8) is 0 Å². The molecule has 0 aliphatic heterocycles. The second-order valence-corrected chi connectivity index (χ2v) is 5.34. The van der Waals surface area contributed by atoms with Gasteiger partial charge in [0.1, 0.15) is 0 Å². The maximum Gasteiger partial charge on any atom is 0.165 e. The van der Waals surface area contributed by atoms with Crippen molar-refractivity contribution in [3.8, 4) is 5.75 Å². The van der Waals surface area contributed by atoms with E-state index in [2.05, 4.69) is 19.2 Å². The van der Waals surface area contributed by atoms with E-state index >= 15 is 0 Å². The van der Waals surface area contributed by atoms with Gasteiger partial charge in [0.25, 0.3) is 0 Å². The predicted octanol–water partition coefficient (Wildman–Crippen LogP) is 3.45. The monoisotopic (exact) mass is 251 g/mol. The van der Waals surface area contributed by atoms with E-state index in [1.54, 1.807) is 12.1 Å². The lowest BCUT2D eigenvalue weighted by molar-refractivity contribution is 0.341. The van der Waals surface area contributed by atoms with E-state index in [-0.39, 0.29) is 5.75 Å². The van der Waals surface area contributed by atoms with Gasteiger partial charge in [0.15, 0.2) is 11.6 Å². The van der Waals surface area contributed by atoms with E-state index in [4.69, 9.17) is 0 Å². The van der Waals surface area contributed by atoms with Crippen molar-refractivity contribution in [1.82, 2.24) is 5.32 Å².